The SMILES string of the molecule is OC(=C(C(=S)Nc1ccccc1)[n+]1ccccc1)c1ccc(Cl)s1. The number of rotatable bonds is 4. The molecule has 6 heteroatoms. The molecule has 120 valence electrons. The average Bonchev–Trinajstić information content (AvgIpc) is 3.03. The molecular formula is C18H14ClN2OS2+. The van der Waals surface area contributed by atoms with E-state index in [1.165, 1.54) is 11.3 Å². The summed E-state index contributed by atoms with van der Waals surface area (Å²) in [5.74, 6) is 0.0801. The van der Waals surface area contributed by atoms with Crippen molar-refractivity contribution in [2.45, 2.75) is 0 Å². The number of hydrogen-bond acceptors (Lipinski definition) is 3. The quantitative estimate of drug-likeness (QED) is 0.292. The number of aromatic nitrogens is 1. The van der Waals surface area contributed by atoms with Crippen molar-refractivity contribution in [3.8, 4) is 0 Å². The molecule has 0 unspecified atom stereocenters. The molecule has 0 aliphatic carbocycles. The van der Waals surface area contributed by atoms with Crippen molar-refractivity contribution < 1.29 is 9.67 Å². The summed E-state index contributed by atoms with van der Waals surface area (Å²) in [6.07, 6.45) is 3.67. The summed E-state index contributed by atoms with van der Waals surface area (Å²) in [5, 5.41) is 13.9. The highest BCUT2D eigenvalue weighted by atomic mass is 35.5. The normalized spacial score (nSPS) is 11.7. The van der Waals surface area contributed by atoms with Gasteiger partial charge in [-0.3, -0.25) is 0 Å². The fourth-order valence-electron chi connectivity index (χ4n) is 2.16. The molecule has 1 aromatic carbocycles. The lowest BCUT2D eigenvalue weighted by Gasteiger charge is -2.09. The Morgan fingerprint density at radius 3 is 2.29 bits per heavy atom. The van der Waals surface area contributed by atoms with Crippen molar-refractivity contribution >= 4 is 57.3 Å². The van der Waals surface area contributed by atoms with Crippen molar-refractivity contribution in [1.29, 1.82) is 0 Å². The molecule has 2 heterocycles. The third-order valence-electron chi connectivity index (χ3n) is 3.25. The van der Waals surface area contributed by atoms with E-state index in [1.807, 2.05) is 60.9 Å². The van der Waals surface area contributed by atoms with Gasteiger partial charge in [0.1, 0.15) is 0 Å². The van der Waals surface area contributed by atoms with Crippen LogP contribution in [0.5, 0.6) is 0 Å². The second-order valence-electron chi connectivity index (χ2n) is 4.90. The number of hydrogen-bond donors (Lipinski definition) is 2. The lowest BCUT2D eigenvalue weighted by Crippen LogP contribution is -2.38. The predicted molar refractivity (Wildman–Crippen MR) is 104 cm³/mol. The summed E-state index contributed by atoms with van der Waals surface area (Å²) in [5.41, 5.74) is 1.35. The van der Waals surface area contributed by atoms with Crippen LogP contribution in [-0.2, 0) is 0 Å². The molecule has 0 aliphatic rings. The number of aliphatic hydroxyl groups excluding tert-OH is 1. The summed E-state index contributed by atoms with van der Waals surface area (Å²) in [7, 11) is 0. The van der Waals surface area contributed by atoms with Crippen LogP contribution in [0, 0.1) is 0 Å². The number of thiocarbonyl (C=S) groups is 1. The fraction of sp³-hybridized carbons (Fsp3) is 0. The smallest absolute Gasteiger partial charge is 0.289 e. The zero-order valence-corrected chi connectivity index (χ0v) is 14.9. The first-order valence-electron chi connectivity index (χ1n) is 7.17. The third-order valence-corrected chi connectivity index (χ3v) is 4.78. The average molecular weight is 374 g/mol. The number of anilines is 1. The number of aliphatic hydroxyl groups is 1. The maximum Gasteiger partial charge on any atom is 0.289 e. The van der Waals surface area contributed by atoms with Gasteiger partial charge in [0, 0.05) is 17.8 Å². The van der Waals surface area contributed by atoms with Crippen molar-refractivity contribution in [1.82, 2.24) is 0 Å². The first kappa shape index (κ1) is 16.6. The summed E-state index contributed by atoms with van der Waals surface area (Å²) < 4.78 is 2.39. The van der Waals surface area contributed by atoms with E-state index >= 15 is 0 Å². The number of pyridine rings is 1. The Bertz CT molecular complexity index is 876. The first-order chi connectivity index (χ1) is 11.6. The van der Waals surface area contributed by atoms with E-state index in [0.717, 1.165) is 5.69 Å². The van der Waals surface area contributed by atoms with Gasteiger partial charge in [0.05, 0.1) is 9.21 Å². The zero-order chi connectivity index (χ0) is 16.9. The second-order valence-corrected chi connectivity index (χ2v) is 7.03. The van der Waals surface area contributed by atoms with Crippen LogP contribution in [0.1, 0.15) is 4.88 Å². The number of thiophene rings is 1. The molecule has 0 spiro atoms. The molecule has 0 atom stereocenters. The summed E-state index contributed by atoms with van der Waals surface area (Å²) >= 11 is 12.8. The molecule has 3 rings (SSSR count). The largest absolute Gasteiger partial charge is 0.501 e. The molecule has 3 nitrogen and oxygen atoms in total. The second kappa shape index (κ2) is 7.57. The van der Waals surface area contributed by atoms with Gasteiger partial charge < -0.3 is 10.4 Å². The first-order valence-corrected chi connectivity index (χ1v) is 8.77. The van der Waals surface area contributed by atoms with Gasteiger partial charge in [0.15, 0.2) is 17.4 Å². The van der Waals surface area contributed by atoms with Crippen LogP contribution in [0.3, 0.4) is 0 Å². The van der Waals surface area contributed by atoms with E-state index < -0.39 is 0 Å². The maximum atomic E-state index is 10.8. The highest BCUT2D eigenvalue weighted by Crippen LogP contribution is 2.28. The van der Waals surface area contributed by atoms with Crippen molar-refractivity contribution in [3.05, 3.63) is 82.3 Å². The van der Waals surface area contributed by atoms with E-state index in [-0.39, 0.29) is 5.76 Å². The van der Waals surface area contributed by atoms with Crippen molar-refractivity contribution in [2.75, 3.05) is 5.32 Å². The van der Waals surface area contributed by atoms with Crippen LogP contribution in [0.15, 0.2) is 73.1 Å². The standard InChI is InChI=1S/C18H13ClN2OS2/c19-15-10-9-14(24-15)17(22)16(21-11-5-2-6-12-21)18(23)20-13-7-3-1-4-8-13/h1-12H,(H-,20,22,23)/p+1. The maximum absolute atomic E-state index is 10.8. The molecule has 0 fully saturated rings. The highest BCUT2D eigenvalue weighted by molar-refractivity contribution is 7.81. The van der Waals surface area contributed by atoms with Gasteiger partial charge in [-0.2, -0.15) is 4.57 Å². The molecule has 2 N–H and O–H groups in total. The monoisotopic (exact) mass is 373 g/mol. The van der Waals surface area contributed by atoms with Gasteiger partial charge in [-0.25, -0.2) is 0 Å². The molecule has 0 aliphatic heterocycles. The Hall–Kier alpha value is -2.21. The van der Waals surface area contributed by atoms with E-state index in [0.29, 0.717) is 19.9 Å². The van der Waals surface area contributed by atoms with Crippen molar-refractivity contribution in [3.63, 3.8) is 0 Å². The number of nitrogens with one attached hydrogen (secondary N) is 1. The van der Waals surface area contributed by atoms with Crippen LogP contribution >= 0.6 is 35.2 Å². The molecule has 0 bridgehead atoms. The van der Waals surface area contributed by atoms with Gasteiger partial charge >= 0.3 is 0 Å². The number of benzene rings is 1. The Balaban J connectivity index is 2.04. The van der Waals surface area contributed by atoms with Gasteiger partial charge in [-0.1, -0.05) is 48.1 Å². The van der Waals surface area contributed by atoms with Crippen LogP contribution in [0.4, 0.5) is 5.69 Å². The topological polar surface area (TPSA) is 36.1 Å². The fourth-order valence-corrected chi connectivity index (χ4v) is 3.47. The van der Waals surface area contributed by atoms with Gasteiger partial charge in [-0.05, 0) is 24.3 Å². The van der Waals surface area contributed by atoms with Crippen LogP contribution < -0.4 is 9.88 Å². The number of halogens is 1. The summed E-state index contributed by atoms with van der Waals surface area (Å²) in [6, 6.07) is 18.8. The Labute approximate surface area is 154 Å². The van der Waals surface area contributed by atoms with E-state index in [9.17, 15) is 5.11 Å². The van der Waals surface area contributed by atoms with E-state index in [2.05, 4.69) is 5.32 Å². The minimum atomic E-state index is 0.0801. The number of nitrogens with zero attached hydrogens (tertiary/aromatic N) is 1. The lowest BCUT2D eigenvalue weighted by atomic mass is 10.2. The Kier molecular flexibility index (Phi) is 5.25. The Morgan fingerprint density at radius 2 is 1.67 bits per heavy atom. The minimum Gasteiger partial charge on any atom is -0.501 e. The molecule has 0 radical (unpaired) electrons. The third kappa shape index (κ3) is 3.82. The molecule has 24 heavy (non-hydrogen) atoms. The minimum absolute atomic E-state index is 0.0801. The van der Waals surface area contributed by atoms with Crippen LogP contribution in [0.25, 0.3) is 11.5 Å². The summed E-state index contributed by atoms with van der Waals surface area (Å²) in [4.78, 5) is 1.07. The summed E-state index contributed by atoms with van der Waals surface area (Å²) in [6.45, 7) is 0. The van der Waals surface area contributed by atoms with Gasteiger partial charge in [0.25, 0.3) is 5.70 Å². The molecule has 2 aromatic heterocycles. The molecular weight excluding hydrogens is 360 g/mol. The van der Waals surface area contributed by atoms with Gasteiger partial charge in [-0.15, -0.1) is 11.3 Å². The highest BCUT2D eigenvalue weighted by Gasteiger charge is 2.24. The van der Waals surface area contributed by atoms with Crippen LogP contribution in [-0.4, -0.2) is 10.1 Å². The molecule has 0 amide bonds. The van der Waals surface area contributed by atoms with E-state index in [4.69, 9.17) is 23.8 Å². The molecule has 0 saturated carbocycles. The Morgan fingerprint density at radius 1 is 1.00 bits per heavy atom. The molecule has 3 aromatic rings. The van der Waals surface area contributed by atoms with Gasteiger partial charge in [0.2, 0.25) is 5.76 Å². The lowest BCUT2D eigenvalue weighted by molar-refractivity contribution is -0.575. The van der Waals surface area contributed by atoms with Crippen LogP contribution in [0.2, 0.25) is 4.34 Å². The molecule has 0 saturated heterocycles. The van der Waals surface area contributed by atoms with Crippen molar-refractivity contribution in [2.24, 2.45) is 0 Å². The predicted octanol–water partition coefficient (Wildman–Crippen LogP) is 5.01. The zero-order valence-electron chi connectivity index (χ0n) is 12.5. The van der Waals surface area contributed by atoms with E-state index in [1.54, 1.807) is 16.7 Å². The number of para-hydroxylation sites is 1.